The zero-order valence-electron chi connectivity index (χ0n) is 8.69. The monoisotopic (exact) mass is 236 g/mol. The van der Waals surface area contributed by atoms with Crippen molar-refractivity contribution in [1.82, 2.24) is 0 Å². The van der Waals surface area contributed by atoms with Crippen LogP contribution in [0.1, 0.15) is 26.7 Å². The molecule has 0 saturated heterocycles. The second-order valence-electron chi connectivity index (χ2n) is 2.42. The molecule has 0 unspecified atom stereocenters. The lowest BCUT2D eigenvalue weighted by atomic mass is 10.4. The van der Waals surface area contributed by atoms with Gasteiger partial charge in [-0.15, -0.1) is 12.3 Å². The van der Waals surface area contributed by atoms with Crippen LogP contribution in [0.5, 0.6) is 0 Å². The maximum atomic E-state index is 11.8. The summed E-state index contributed by atoms with van der Waals surface area (Å²) in [4.78, 5) is 0. The molecule has 14 heavy (non-hydrogen) atoms. The van der Waals surface area contributed by atoms with Gasteiger partial charge in [0.25, 0.3) is 0 Å². The number of rotatable bonds is 8. The summed E-state index contributed by atoms with van der Waals surface area (Å²) in [7, 11) is 0. The maximum absolute atomic E-state index is 11.8. The van der Waals surface area contributed by atoms with Crippen molar-refractivity contribution < 1.29 is 13.6 Å². The molecule has 5 heteroatoms. The second kappa shape index (κ2) is 8.38. The molecule has 0 aliphatic heterocycles. The van der Waals surface area contributed by atoms with E-state index in [0.29, 0.717) is 25.4 Å². The van der Waals surface area contributed by atoms with Crippen LogP contribution in [0.3, 0.4) is 0 Å². The lowest BCUT2D eigenvalue weighted by molar-refractivity contribution is 0.237. The van der Waals surface area contributed by atoms with E-state index >= 15 is 0 Å². The fourth-order valence-electron chi connectivity index (χ4n) is 0.779. The molecule has 0 radical (unpaired) electrons. The predicted octanol–water partition coefficient (Wildman–Crippen LogP) is 3.31. The number of unbranched alkanes of at least 4 members (excludes halogenated alkanes) is 1. The summed E-state index contributed by atoms with van der Waals surface area (Å²) in [6.07, 6.45) is 6.64. The van der Waals surface area contributed by atoms with Gasteiger partial charge in [0, 0.05) is 12.2 Å². The van der Waals surface area contributed by atoms with E-state index in [2.05, 4.69) is 5.92 Å². The van der Waals surface area contributed by atoms with Crippen molar-refractivity contribution in [3.8, 4) is 12.3 Å². The minimum absolute atomic E-state index is 0.402. The summed E-state index contributed by atoms with van der Waals surface area (Å²) >= 11 is 1.23. The highest BCUT2D eigenvalue weighted by Crippen LogP contribution is 2.60. The van der Waals surface area contributed by atoms with Crippen LogP contribution in [-0.2, 0) is 13.6 Å². The molecule has 0 aromatic rings. The topological polar surface area (TPSA) is 35.5 Å². The van der Waals surface area contributed by atoms with Crippen LogP contribution in [0, 0.1) is 12.3 Å². The van der Waals surface area contributed by atoms with Crippen LogP contribution >= 0.6 is 18.2 Å². The Morgan fingerprint density at radius 2 is 1.93 bits per heavy atom. The van der Waals surface area contributed by atoms with Crippen LogP contribution in [0.4, 0.5) is 0 Å². The first-order valence-electron chi connectivity index (χ1n) is 4.65. The molecule has 0 aromatic heterocycles. The molecular formula is C9H17O3PS. The standard InChI is InChI=1S/C9H17O3PS/c1-4-7-8-9-14-13(10,11-5-2)12-6-3/h1H,5-9H2,2-3H3. The van der Waals surface area contributed by atoms with Gasteiger partial charge in [0.1, 0.15) is 0 Å². The quantitative estimate of drug-likeness (QED) is 0.368. The maximum Gasteiger partial charge on any atom is 0.389 e. The number of terminal acetylenes is 1. The summed E-state index contributed by atoms with van der Waals surface area (Å²) in [5.74, 6) is 3.24. The van der Waals surface area contributed by atoms with E-state index in [1.165, 1.54) is 11.4 Å². The van der Waals surface area contributed by atoms with Crippen LogP contribution in [0.15, 0.2) is 0 Å². The first-order valence-corrected chi connectivity index (χ1v) is 7.79. The van der Waals surface area contributed by atoms with E-state index in [-0.39, 0.29) is 0 Å². The normalized spacial score (nSPS) is 11.2. The van der Waals surface area contributed by atoms with Gasteiger partial charge in [0.15, 0.2) is 0 Å². The van der Waals surface area contributed by atoms with E-state index < -0.39 is 6.80 Å². The molecule has 0 bridgehead atoms. The van der Waals surface area contributed by atoms with Crippen molar-refractivity contribution in [2.24, 2.45) is 0 Å². The smallest absolute Gasteiger partial charge is 0.301 e. The summed E-state index contributed by atoms with van der Waals surface area (Å²) in [6, 6.07) is 0. The van der Waals surface area contributed by atoms with Gasteiger partial charge in [-0.1, -0.05) is 0 Å². The van der Waals surface area contributed by atoms with Crippen LogP contribution in [0.25, 0.3) is 0 Å². The first-order chi connectivity index (χ1) is 6.68. The van der Waals surface area contributed by atoms with Crippen molar-refractivity contribution in [2.45, 2.75) is 26.7 Å². The molecule has 0 N–H and O–H groups in total. The fraction of sp³-hybridized carbons (Fsp3) is 0.778. The van der Waals surface area contributed by atoms with Gasteiger partial charge in [-0.05, 0) is 31.7 Å². The van der Waals surface area contributed by atoms with Gasteiger partial charge < -0.3 is 9.05 Å². The highest BCUT2D eigenvalue weighted by atomic mass is 32.7. The molecule has 0 aliphatic rings. The Morgan fingerprint density at radius 1 is 1.36 bits per heavy atom. The molecule has 0 amide bonds. The highest BCUT2D eigenvalue weighted by molar-refractivity contribution is 8.55. The molecule has 82 valence electrons. The van der Waals surface area contributed by atoms with E-state index in [9.17, 15) is 4.57 Å². The van der Waals surface area contributed by atoms with Gasteiger partial charge in [-0.25, -0.2) is 4.57 Å². The molecule has 0 aromatic carbocycles. The lowest BCUT2D eigenvalue weighted by Crippen LogP contribution is -1.93. The molecule has 0 aliphatic carbocycles. The Morgan fingerprint density at radius 3 is 2.36 bits per heavy atom. The lowest BCUT2D eigenvalue weighted by Gasteiger charge is -2.15. The minimum Gasteiger partial charge on any atom is -0.301 e. The fourth-order valence-corrected chi connectivity index (χ4v) is 4.27. The summed E-state index contributed by atoms with van der Waals surface area (Å²) < 4.78 is 22.0. The SMILES string of the molecule is C#CCCCSP(=O)(OCC)OCC. The van der Waals surface area contributed by atoms with Gasteiger partial charge in [-0.3, -0.25) is 0 Å². The summed E-state index contributed by atoms with van der Waals surface area (Å²) in [5.41, 5.74) is 0. The molecular weight excluding hydrogens is 219 g/mol. The van der Waals surface area contributed by atoms with Crippen molar-refractivity contribution in [3.05, 3.63) is 0 Å². The van der Waals surface area contributed by atoms with Gasteiger partial charge in [0.05, 0.1) is 13.2 Å². The van der Waals surface area contributed by atoms with Crippen molar-refractivity contribution in [3.63, 3.8) is 0 Å². The summed E-state index contributed by atoms with van der Waals surface area (Å²) in [5, 5.41) is 0. The van der Waals surface area contributed by atoms with Crippen LogP contribution < -0.4 is 0 Å². The predicted molar refractivity (Wildman–Crippen MR) is 61.4 cm³/mol. The average molecular weight is 236 g/mol. The second-order valence-corrected chi connectivity index (χ2v) is 6.62. The highest BCUT2D eigenvalue weighted by Gasteiger charge is 2.23. The Hall–Kier alpha value is 0.0600. The molecule has 0 atom stereocenters. The van der Waals surface area contributed by atoms with Gasteiger partial charge in [0.2, 0.25) is 0 Å². The Kier molecular flexibility index (Phi) is 8.41. The third-order valence-electron chi connectivity index (χ3n) is 1.29. The number of hydrogen-bond acceptors (Lipinski definition) is 4. The molecule has 0 rings (SSSR count). The largest absolute Gasteiger partial charge is 0.389 e. The zero-order chi connectivity index (χ0) is 10.9. The van der Waals surface area contributed by atoms with Crippen molar-refractivity contribution in [2.75, 3.05) is 19.0 Å². The first kappa shape index (κ1) is 14.1. The molecule has 0 fully saturated rings. The molecule has 3 nitrogen and oxygen atoms in total. The van der Waals surface area contributed by atoms with Crippen molar-refractivity contribution in [1.29, 1.82) is 0 Å². The Bertz CT molecular complexity index is 215. The van der Waals surface area contributed by atoms with Gasteiger partial charge >= 0.3 is 6.80 Å². The van der Waals surface area contributed by atoms with E-state index in [4.69, 9.17) is 15.5 Å². The van der Waals surface area contributed by atoms with Crippen molar-refractivity contribution >= 4 is 18.2 Å². The minimum atomic E-state index is -2.91. The average Bonchev–Trinajstić information content (AvgIpc) is 2.13. The third kappa shape index (κ3) is 6.50. The zero-order valence-corrected chi connectivity index (χ0v) is 10.4. The third-order valence-corrected chi connectivity index (χ3v) is 5.35. The van der Waals surface area contributed by atoms with E-state index in [1.807, 2.05) is 0 Å². The molecule has 0 heterocycles. The van der Waals surface area contributed by atoms with Gasteiger partial charge in [-0.2, -0.15) is 0 Å². The molecule has 0 spiro atoms. The van der Waals surface area contributed by atoms with Crippen LogP contribution in [0.2, 0.25) is 0 Å². The Labute approximate surface area is 90.2 Å². The molecule has 0 saturated carbocycles. The van der Waals surface area contributed by atoms with Crippen LogP contribution in [-0.4, -0.2) is 19.0 Å². The Balaban J connectivity index is 3.85. The number of hydrogen-bond donors (Lipinski definition) is 0. The van der Waals surface area contributed by atoms with E-state index in [1.54, 1.807) is 13.8 Å². The summed E-state index contributed by atoms with van der Waals surface area (Å²) in [6.45, 7) is 1.49. The van der Waals surface area contributed by atoms with E-state index in [0.717, 1.165) is 6.42 Å².